The van der Waals surface area contributed by atoms with Gasteiger partial charge in [-0.2, -0.15) is 0 Å². The van der Waals surface area contributed by atoms with Gasteiger partial charge < -0.3 is 10.1 Å². The van der Waals surface area contributed by atoms with Crippen LogP contribution in [0.5, 0.6) is 0 Å². The van der Waals surface area contributed by atoms with Gasteiger partial charge in [0.2, 0.25) is 0 Å². The first-order valence-electron chi connectivity index (χ1n) is 8.32. The quantitative estimate of drug-likeness (QED) is 0.773. The molecule has 1 aliphatic carbocycles. The third kappa shape index (κ3) is 3.95. The van der Waals surface area contributed by atoms with E-state index in [0.29, 0.717) is 11.5 Å². The zero-order valence-electron chi connectivity index (χ0n) is 13.4. The van der Waals surface area contributed by atoms with Gasteiger partial charge in [0.05, 0.1) is 12.2 Å². The van der Waals surface area contributed by atoms with Gasteiger partial charge in [-0.25, -0.2) is 0 Å². The van der Waals surface area contributed by atoms with Crippen molar-refractivity contribution in [2.45, 2.75) is 84.3 Å². The first kappa shape index (κ1) is 15.3. The van der Waals surface area contributed by atoms with Crippen LogP contribution in [0.1, 0.15) is 72.6 Å². The summed E-state index contributed by atoms with van der Waals surface area (Å²) >= 11 is 0. The number of nitrogens with one attached hydrogen (secondary N) is 1. The third-order valence-corrected chi connectivity index (χ3v) is 5.29. The maximum Gasteiger partial charge on any atom is 0.0699 e. The molecule has 2 nitrogen and oxygen atoms in total. The third-order valence-electron chi connectivity index (χ3n) is 5.29. The van der Waals surface area contributed by atoms with Crippen molar-refractivity contribution in [2.24, 2.45) is 11.3 Å². The molecule has 2 heteroatoms. The summed E-state index contributed by atoms with van der Waals surface area (Å²) in [6.45, 7) is 11.5. The molecule has 0 aromatic rings. The zero-order valence-corrected chi connectivity index (χ0v) is 13.4. The molecule has 2 aliphatic rings. The predicted octanol–water partition coefficient (Wildman–Crippen LogP) is 4.14. The Kier molecular flexibility index (Phi) is 4.94. The van der Waals surface area contributed by atoms with E-state index >= 15 is 0 Å². The van der Waals surface area contributed by atoms with Crippen LogP contribution in [0.2, 0.25) is 0 Å². The Hall–Kier alpha value is -0.0800. The van der Waals surface area contributed by atoms with Gasteiger partial charge in [0.1, 0.15) is 0 Å². The predicted molar refractivity (Wildman–Crippen MR) is 81.4 cm³/mol. The minimum Gasteiger partial charge on any atom is -0.373 e. The van der Waals surface area contributed by atoms with Crippen molar-refractivity contribution in [3.8, 4) is 0 Å². The van der Waals surface area contributed by atoms with Crippen molar-refractivity contribution < 1.29 is 4.74 Å². The summed E-state index contributed by atoms with van der Waals surface area (Å²) in [7, 11) is 0. The van der Waals surface area contributed by atoms with E-state index in [4.69, 9.17) is 4.74 Å². The number of rotatable bonds is 4. The number of hydrogen-bond donors (Lipinski definition) is 1. The van der Waals surface area contributed by atoms with E-state index in [2.05, 4.69) is 33.0 Å². The van der Waals surface area contributed by atoms with E-state index in [0.717, 1.165) is 19.1 Å². The maximum absolute atomic E-state index is 6.22. The number of ether oxygens (including phenoxy) is 1. The molecule has 1 N–H and O–H groups in total. The van der Waals surface area contributed by atoms with Crippen molar-refractivity contribution in [1.82, 2.24) is 5.32 Å². The van der Waals surface area contributed by atoms with Gasteiger partial charge >= 0.3 is 0 Å². The first-order valence-corrected chi connectivity index (χ1v) is 8.32. The van der Waals surface area contributed by atoms with Crippen LogP contribution >= 0.6 is 0 Å². The van der Waals surface area contributed by atoms with Crippen molar-refractivity contribution in [2.75, 3.05) is 13.2 Å². The van der Waals surface area contributed by atoms with Crippen LogP contribution in [0.15, 0.2) is 0 Å². The van der Waals surface area contributed by atoms with Crippen molar-refractivity contribution in [3.05, 3.63) is 0 Å². The monoisotopic (exact) mass is 267 g/mol. The van der Waals surface area contributed by atoms with Crippen LogP contribution in [-0.4, -0.2) is 24.8 Å². The summed E-state index contributed by atoms with van der Waals surface area (Å²) in [5, 5.41) is 3.67. The van der Waals surface area contributed by atoms with E-state index in [1.807, 2.05) is 0 Å². The molecule has 0 radical (unpaired) electrons. The molecule has 19 heavy (non-hydrogen) atoms. The highest BCUT2D eigenvalue weighted by molar-refractivity contribution is 4.97. The molecule has 1 aliphatic heterocycles. The second-order valence-corrected chi connectivity index (χ2v) is 7.84. The van der Waals surface area contributed by atoms with Gasteiger partial charge in [-0.05, 0) is 56.4 Å². The average Bonchev–Trinajstić information content (AvgIpc) is 2.72. The Balaban J connectivity index is 1.77. The van der Waals surface area contributed by atoms with Crippen molar-refractivity contribution >= 4 is 0 Å². The molecule has 1 atom stereocenters. The topological polar surface area (TPSA) is 21.3 Å². The molecule has 1 saturated carbocycles. The standard InChI is InChI=1S/C17H33NO/c1-5-6-11-18-15-12-17(19-13-15)9-7-14(8-10-17)16(2,3)4/h14-15,18H,5-13H2,1-4H3. The van der Waals surface area contributed by atoms with Crippen LogP contribution in [0.3, 0.4) is 0 Å². The molecule has 1 saturated heterocycles. The summed E-state index contributed by atoms with van der Waals surface area (Å²) in [6.07, 6.45) is 9.07. The minimum absolute atomic E-state index is 0.228. The summed E-state index contributed by atoms with van der Waals surface area (Å²) in [5.41, 5.74) is 0.699. The maximum atomic E-state index is 6.22. The lowest BCUT2D eigenvalue weighted by molar-refractivity contribution is -0.0464. The van der Waals surface area contributed by atoms with Gasteiger partial charge in [0, 0.05) is 6.04 Å². The molecule has 0 amide bonds. The van der Waals surface area contributed by atoms with Gasteiger partial charge in [-0.15, -0.1) is 0 Å². The molecule has 1 unspecified atom stereocenters. The Labute approximate surface area is 119 Å². The smallest absolute Gasteiger partial charge is 0.0699 e. The van der Waals surface area contributed by atoms with E-state index < -0.39 is 0 Å². The van der Waals surface area contributed by atoms with E-state index in [1.54, 1.807) is 0 Å². The lowest BCUT2D eigenvalue weighted by atomic mass is 9.67. The van der Waals surface area contributed by atoms with Crippen LogP contribution in [-0.2, 0) is 4.74 Å². The van der Waals surface area contributed by atoms with Crippen molar-refractivity contribution in [3.63, 3.8) is 0 Å². The molecule has 2 rings (SSSR count). The van der Waals surface area contributed by atoms with Crippen LogP contribution in [0, 0.1) is 11.3 Å². The van der Waals surface area contributed by atoms with Crippen LogP contribution < -0.4 is 5.32 Å². The molecule has 112 valence electrons. The molecule has 1 spiro atoms. The fourth-order valence-corrected chi connectivity index (χ4v) is 3.82. The number of hydrogen-bond acceptors (Lipinski definition) is 2. The largest absolute Gasteiger partial charge is 0.373 e. The Morgan fingerprint density at radius 3 is 2.47 bits per heavy atom. The van der Waals surface area contributed by atoms with E-state index in [-0.39, 0.29) is 5.60 Å². The van der Waals surface area contributed by atoms with E-state index in [9.17, 15) is 0 Å². The summed E-state index contributed by atoms with van der Waals surface area (Å²) in [5.74, 6) is 0.883. The fraction of sp³-hybridized carbons (Fsp3) is 1.00. The Bertz CT molecular complexity index is 273. The summed E-state index contributed by atoms with van der Waals surface area (Å²) < 4.78 is 6.22. The fourth-order valence-electron chi connectivity index (χ4n) is 3.82. The Morgan fingerprint density at radius 1 is 1.21 bits per heavy atom. The molecule has 0 aromatic carbocycles. The van der Waals surface area contributed by atoms with Gasteiger partial charge in [0.25, 0.3) is 0 Å². The average molecular weight is 267 g/mol. The summed E-state index contributed by atoms with van der Waals surface area (Å²) in [6, 6.07) is 0.609. The number of unbranched alkanes of at least 4 members (excludes halogenated alkanes) is 1. The highest BCUT2D eigenvalue weighted by atomic mass is 16.5. The minimum atomic E-state index is 0.228. The van der Waals surface area contributed by atoms with Crippen molar-refractivity contribution in [1.29, 1.82) is 0 Å². The SMILES string of the molecule is CCCCNC1COC2(CCC(C(C)(C)C)CC2)C1. The molecule has 0 aromatic heterocycles. The van der Waals surface area contributed by atoms with Gasteiger partial charge in [-0.3, -0.25) is 0 Å². The first-order chi connectivity index (χ1) is 8.95. The normalized spacial score (nSPS) is 36.0. The molecule has 2 fully saturated rings. The zero-order chi connectivity index (χ0) is 13.9. The molecule has 1 heterocycles. The molecular weight excluding hydrogens is 234 g/mol. The second kappa shape index (κ2) is 6.13. The van der Waals surface area contributed by atoms with Crippen LogP contribution in [0.4, 0.5) is 0 Å². The second-order valence-electron chi connectivity index (χ2n) is 7.84. The Morgan fingerprint density at radius 2 is 1.89 bits per heavy atom. The lowest BCUT2D eigenvalue weighted by Gasteiger charge is -2.41. The van der Waals surface area contributed by atoms with Crippen LogP contribution in [0.25, 0.3) is 0 Å². The van der Waals surface area contributed by atoms with E-state index in [1.165, 1.54) is 44.9 Å². The molecular formula is C17H33NO. The summed E-state index contributed by atoms with van der Waals surface area (Å²) in [4.78, 5) is 0. The van der Waals surface area contributed by atoms with Gasteiger partial charge in [0.15, 0.2) is 0 Å². The lowest BCUT2D eigenvalue weighted by Crippen LogP contribution is -2.38. The highest BCUT2D eigenvalue weighted by Crippen LogP contribution is 2.46. The van der Waals surface area contributed by atoms with Gasteiger partial charge in [-0.1, -0.05) is 34.1 Å². The highest BCUT2D eigenvalue weighted by Gasteiger charge is 2.44. The molecule has 0 bridgehead atoms.